The quantitative estimate of drug-likeness (QED) is 0.230. The first-order valence-electron chi connectivity index (χ1n) is 11.2. The maximum atomic E-state index is 13.9. The number of furan rings is 1. The molecule has 0 atom stereocenters. The number of hydrogen-bond donors (Lipinski definition) is 0. The van der Waals surface area contributed by atoms with Crippen molar-refractivity contribution in [3.63, 3.8) is 0 Å². The summed E-state index contributed by atoms with van der Waals surface area (Å²) in [7, 11) is 0. The molecular weight excluding hydrogens is 440 g/mol. The van der Waals surface area contributed by atoms with Crippen LogP contribution in [0.3, 0.4) is 0 Å². The Kier molecular flexibility index (Phi) is 4.74. The molecule has 0 N–H and O–H groups in total. The van der Waals surface area contributed by atoms with Gasteiger partial charge in [-0.15, -0.1) is 0 Å². The second kappa shape index (κ2) is 7.95. The van der Waals surface area contributed by atoms with E-state index in [2.05, 4.69) is 5.10 Å². The lowest BCUT2D eigenvalue weighted by atomic mass is 9.96. The number of benzene rings is 3. The van der Waals surface area contributed by atoms with Gasteiger partial charge < -0.3 is 8.83 Å². The van der Waals surface area contributed by atoms with Crippen molar-refractivity contribution in [2.75, 3.05) is 0 Å². The molecule has 0 aliphatic heterocycles. The van der Waals surface area contributed by atoms with Gasteiger partial charge in [0.1, 0.15) is 11.2 Å². The summed E-state index contributed by atoms with van der Waals surface area (Å²) in [5.74, 6) is -0.110. The predicted molar refractivity (Wildman–Crippen MR) is 134 cm³/mol. The number of carbonyl (C=O) groups is 1. The van der Waals surface area contributed by atoms with E-state index in [4.69, 9.17) is 8.83 Å². The lowest BCUT2D eigenvalue weighted by Crippen LogP contribution is -2.05. The molecule has 0 bridgehead atoms. The van der Waals surface area contributed by atoms with E-state index in [1.165, 1.54) is 6.07 Å². The van der Waals surface area contributed by atoms with Gasteiger partial charge in [-0.05, 0) is 49.2 Å². The molecule has 0 saturated carbocycles. The standard InChI is InChI=1S/C29H20N2O4/c1-17-15-24(32)35-28-21(17)13-14-23-26(28)25(19-9-5-3-6-10-19)29(34-23)27(33)22-16-30-31(18(22)2)20-11-7-4-8-12-20/h3-16H,1-2H3. The number of aromatic nitrogens is 2. The monoisotopic (exact) mass is 460 g/mol. The molecule has 3 heterocycles. The summed E-state index contributed by atoms with van der Waals surface area (Å²) < 4.78 is 13.6. The van der Waals surface area contributed by atoms with Gasteiger partial charge in [0.25, 0.3) is 0 Å². The molecule has 35 heavy (non-hydrogen) atoms. The summed E-state index contributed by atoms with van der Waals surface area (Å²) in [5, 5.41) is 5.85. The third kappa shape index (κ3) is 3.30. The maximum absolute atomic E-state index is 13.9. The van der Waals surface area contributed by atoms with Crippen molar-refractivity contribution in [2.24, 2.45) is 0 Å². The molecule has 6 heteroatoms. The summed E-state index contributed by atoms with van der Waals surface area (Å²) in [6.45, 7) is 3.72. The van der Waals surface area contributed by atoms with Crippen molar-refractivity contribution in [3.8, 4) is 16.8 Å². The number of aryl methyl sites for hydroxylation is 1. The van der Waals surface area contributed by atoms with E-state index in [1.807, 2.05) is 86.6 Å². The van der Waals surface area contributed by atoms with Crippen molar-refractivity contribution < 1.29 is 13.6 Å². The Morgan fingerprint density at radius 2 is 1.60 bits per heavy atom. The largest absolute Gasteiger partial charge is 0.452 e. The smallest absolute Gasteiger partial charge is 0.336 e. The molecule has 0 fully saturated rings. The first-order chi connectivity index (χ1) is 17.0. The normalized spacial score (nSPS) is 11.4. The highest BCUT2D eigenvalue weighted by Gasteiger charge is 2.28. The van der Waals surface area contributed by atoms with Gasteiger partial charge in [-0.1, -0.05) is 48.5 Å². The molecule has 0 amide bonds. The van der Waals surface area contributed by atoms with Gasteiger partial charge in [-0.25, -0.2) is 9.48 Å². The van der Waals surface area contributed by atoms with Crippen LogP contribution >= 0.6 is 0 Å². The van der Waals surface area contributed by atoms with Gasteiger partial charge in [0.15, 0.2) is 5.76 Å². The zero-order valence-electron chi connectivity index (χ0n) is 19.1. The minimum absolute atomic E-state index is 0.179. The van der Waals surface area contributed by atoms with E-state index in [1.54, 1.807) is 10.9 Å². The molecule has 6 aromatic rings. The Hall–Kier alpha value is -4.71. The summed E-state index contributed by atoms with van der Waals surface area (Å²) in [6.07, 6.45) is 1.56. The number of hydrogen-bond acceptors (Lipinski definition) is 5. The topological polar surface area (TPSA) is 78.2 Å². The average Bonchev–Trinajstić information content (AvgIpc) is 3.46. The minimum Gasteiger partial charge on any atom is -0.452 e. The number of nitrogens with zero attached hydrogens (tertiary/aromatic N) is 2. The van der Waals surface area contributed by atoms with E-state index in [-0.39, 0.29) is 11.5 Å². The number of ketones is 1. The predicted octanol–water partition coefficient (Wildman–Crippen LogP) is 6.24. The zero-order chi connectivity index (χ0) is 24.1. The van der Waals surface area contributed by atoms with E-state index >= 15 is 0 Å². The van der Waals surface area contributed by atoms with Crippen LogP contribution in [0.4, 0.5) is 0 Å². The third-order valence-electron chi connectivity index (χ3n) is 6.29. The second-order valence-electron chi connectivity index (χ2n) is 8.46. The summed E-state index contributed by atoms with van der Waals surface area (Å²) >= 11 is 0. The number of carbonyl (C=O) groups excluding carboxylic acids is 1. The van der Waals surface area contributed by atoms with Gasteiger partial charge in [-0.3, -0.25) is 4.79 Å². The third-order valence-corrected chi connectivity index (χ3v) is 6.29. The molecule has 6 nitrogen and oxygen atoms in total. The Bertz CT molecular complexity index is 1790. The van der Waals surface area contributed by atoms with Crippen LogP contribution in [0, 0.1) is 13.8 Å². The van der Waals surface area contributed by atoms with Crippen LogP contribution in [0.5, 0.6) is 0 Å². The van der Waals surface area contributed by atoms with Crippen LogP contribution in [0.15, 0.2) is 98.7 Å². The Morgan fingerprint density at radius 1 is 0.886 bits per heavy atom. The molecule has 0 aliphatic rings. The molecule has 0 unspecified atom stereocenters. The molecular formula is C29H20N2O4. The number of para-hydroxylation sites is 1. The van der Waals surface area contributed by atoms with E-state index in [0.717, 1.165) is 22.2 Å². The summed E-state index contributed by atoms with van der Waals surface area (Å²) in [4.78, 5) is 26.2. The minimum atomic E-state index is -0.449. The van der Waals surface area contributed by atoms with Crippen molar-refractivity contribution in [1.29, 1.82) is 0 Å². The fraction of sp³-hybridized carbons (Fsp3) is 0.0690. The van der Waals surface area contributed by atoms with Crippen LogP contribution in [0.25, 0.3) is 38.8 Å². The Morgan fingerprint density at radius 3 is 2.34 bits per heavy atom. The van der Waals surface area contributed by atoms with Gasteiger partial charge >= 0.3 is 5.63 Å². The van der Waals surface area contributed by atoms with Crippen molar-refractivity contribution in [2.45, 2.75) is 13.8 Å². The highest BCUT2D eigenvalue weighted by Crippen LogP contribution is 2.40. The first kappa shape index (κ1) is 20.9. The Labute approximate surface area is 200 Å². The molecule has 3 aromatic heterocycles. The van der Waals surface area contributed by atoms with Crippen molar-refractivity contribution in [1.82, 2.24) is 9.78 Å². The van der Waals surface area contributed by atoms with Crippen LogP contribution in [-0.2, 0) is 0 Å². The van der Waals surface area contributed by atoms with Gasteiger partial charge in [0.2, 0.25) is 5.78 Å². The number of fused-ring (bicyclic) bond motifs is 3. The second-order valence-corrected chi connectivity index (χ2v) is 8.46. The lowest BCUT2D eigenvalue weighted by molar-refractivity contribution is 0.101. The Balaban J connectivity index is 1.63. The summed E-state index contributed by atoms with van der Waals surface area (Å²) in [5.41, 5.74) is 4.62. The first-order valence-corrected chi connectivity index (χ1v) is 11.2. The van der Waals surface area contributed by atoms with E-state index < -0.39 is 5.63 Å². The van der Waals surface area contributed by atoms with Crippen LogP contribution in [0.2, 0.25) is 0 Å². The van der Waals surface area contributed by atoms with Crippen LogP contribution < -0.4 is 5.63 Å². The number of rotatable bonds is 4. The fourth-order valence-electron chi connectivity index (χ4n) is 4.59. The zero-order valence-corrected chi connectivity index (χ0v) is 19.1. The SMILES string of the molecule is Cc1cc(=O)oc2c1ccc1oc(C(=O)c3cnn(-c4ccccc4)c3C)c(-c3ccccc3)c12. The highest BCUT2D eigenvalue weighted by molar-refractivity contribution is 6.20. The van der Waals surface area contributed by atoms with Gasteiger partial charge in [0.05, 0.1) is 28.5 Å². The van der Waals surface area contributed by atoms with Crippen LogP contribution in [0.1, 0.15) is 27.4 Å². The van der Waals surface area contributed by atoms with Gasteiger partial charge in [0, 0.05) is 17.0 Å². The van der Waals surface area contributed by atoms with Crippen LogP contribution in [-0.4, -0.2) is 15.6 Å². The lowest BCUT2D eigenvalue weighted by Gasteiger charge is -2.06. The van der Waals surface area contributed by atoms with Gasteiger partial charge in [-0.2, -0.15) is 5.10 Å². The molecule has 0 saturated heterocycles. The molecule has 0 aliphatic carbocycles. The molecule has 3 aromatic carbocycles. The molecule has 0 spiro atoms. The fourth-order valence-corrected chi connectivity index (χ4v) is 4.59. The summed E-state index contributed by atoms with van der Waals surface area (Å²) in [6, 6.07) is 24.3. The highest BCUT2D eigenvalue weighted by atomic mass is 16.4. The maximum Gasteiger partial charge on any atom is 0.336 e. The van der Waals surface area contributed by atoms with Crippen molar-refractivity contribution >= 4 is 27.7 Å². The molecule has 0 radical (unpaired) electrons. The average molecular weight is 460 g/mol. The van der Waals surface area contributed by atoms with Crippen molar-refractivity contribution in [3.05, 3.63) is 118 Å². The van der Waals surface area contributed by atoms with E-state index in [0.29, 0.717) is 33.4 Å². The van der Waals surface area contributed by atoms with E-state index in [9.17, 15) is 9.59 Å². The molecule has 170 valence electrons. The molecule has 6 rings (SSSR count).